The molecule has 0 saturated heterocycles. The number of aromatic amines is 1. The number of hydrogen-bond donors (Lipinski definition) is 5. The molecule has 4 aliphatic rings. The molecule has 1 heterocycles. The maximum atomic E-state index is 12.6. The molecule has 4 aliphatic carbocycles. The smallest absolute Gasteiger partial charge is 0.260 e. The highest BCUT2D eigenvalue weighted by Gasteiger charge is 2.68. The molecule has 1 aromatic heterocycles. The van der Waals surface area contributed by atoms with Crippen molar-refractivity contribution >= 4 is 17.4 Å². The predicted molar refractivity (Wildman–Crippen MR) is 139 cm³/mol. The summed E-state index contributed by atoms with van der Waals surface area (Å²) in [5, 5.41) is 39.4. The van der Waals surface area contributed by atoms with E-state index in [9.17, 15) is 24.9 Å². The third kappa shape index (κ3) is 4.40. The highest BCUT2D eigenvalue weighted by Crippen LogP contribution is 2.67. The first-order valence-corrected chi connectivity index (χ1v) is 13.8. The second kappa shape index (κ2) is 10.2. The number of fused-ring (bicyclic) bond motifs is 5. The van der Waals surface area contributed by atoms with Crippen molar-refractivity contribution in [2.75, 3.05) is 19.8 Å². The van der Waals surface area contributed by atoms with E-state index in [0.717, 1.165) is 37.1 Å². The molecular weight excluding hydrogens is 488 g/mol. The first-order chi connectivity index (χ1) is 18.1. The molecule has 38 heavy (non-hydrogen) atoms. The molecule has 0 aromatic carbocycles. The molecule has 3 saturated carbocycles. The monoisotopic (exact) mass is 528 g/mol. The Labute approximate surface area is 222 Å². The Morgan fingerprint density at radius 1 is 1.26 bits per heavy atom. The van der Waals surface area contributed by atoms with E-state index in [1.165, 1.54) is 5.57 Å². The third-order valence-electron chi connectivity index (χ3n) is 10.3. The number of nitrogens with one attached hydrogen (secondary N) is 2. The minimum atomic E-state index is -1.58. The maximum absolute atomic E-state index is 12.6. The molecule has 10 heteroatoms. The third-order valence-corrected chi connectivity index (χ3v) is 10.3. The van der Waals surface area contributed by atoms with Crippen LogP contribution in [0.5, 0.6) is 0 Å². The minimum Gasteiger partial charge on any atom is -0.393 e. The summed E-state index contributed by atoms with van der Waals surface area (Å²) >= 11 is 0. The summed E-state index contributed by atoms with van der Waals surface area (Å²) in [6.07, 6.45) is 10.1. The molecule has 5 N–H and O–H groups in total. The lowest BCUT2D eigenvalue weighted by molar-refractivity contribution is -0.181. The number of rotatable bonds is 8. The van der Waals surface area contributed by atoms with Gasteiger partial charge in [-0.15, -0.1) is 0 Å². The van der Waals surface area contributed by atoms with Gasteiger partial charge in [0.2, 0.25) is 0 Å². The van der Waals surface area contributed by atoms with Crippen LogP contribution >= 0.6 is 0 Å². The molecule has 7 atom stereocenters. The molecule has 5 rings (SSSR count). The minimum absolute atomic E-state index is 0.0373. The molecule has 0 spiro atoms. The van der Waals surface area contributed by atoms with Gasteiger partial charge in [-0.2, -0.15) is 0 Å². The van der Waals surface area contributed by atoms with Gasteiger partial charge in [0.05, 0.1) is 18.1 Å². The van der Waals surface area contributed by atoms with E-state index in [4.69, 9.17) is 4.84 Å². The van der Waals surface area contributed by atoms with Gasteiger partial charge in [-0.1, -0.05) is 24.6 Å². The van der Waals surface area contributed by atoms with Crippen LogP contribution in [0.25, 0.3) is 0 Å². The zero-order chi connectivity index (χ0) is 27.1. The molecular formula is C28H40N4O6. The fourth-order valence-electron chi connectivity index (χ4n) is 8.35. The number of nitrogens with zero attached hydrogens (tertiary/aromatic N) is 2. The number of aromatic nitrogens is 2. The number of hydrogen-bond acceptors (Lipinski definition) is 8. The van der Waals surface area contributed by atoms with Crippen LogP contribution in [0, 0.1) is 28.6 Å². The van der Waals surface area contributed by atoms with Gasteiger partial charge in [0.1, 0.15) is 12.2 Å². The first kappa shape index (κ1) is 27.0. The van der Waals surface area contributed by atoms with Crippen LogP contribution in [0.2, 0.25) is 0 Å². The van der Waals surface area contributed by atoms with Crippen molar-refractivity contribution in [1.82, 2.24) is 15.3 Å². The Bertz CT molecular complexity index is 1120. The Kier molecular flexibility index (Phi) is 7.26. The SMILES string of the molecule is C[C@]12CCC(=NOCC(=O)NCCc3cnc[nH]3)C=C1CC[C@@H]1[C@@H]2[C@H](O)C[C@@]2(C)[C@H]1CC[C@]2(O)C(=O)CO. The van der Waals surface area contributed by atoms with Gasteiger partial charge < -0.3 is 30.5 Å². The normalized spacial score (nSPS) is 39.1. The van der Waals surface area contributed by atoms with E-state index in [0.29, 0.717) is 32.2 Å². The highest BCUT2D eigenvalue weighted by atomic mass is 16.6. The van der Waals surface area contributed by atoms with Gasteiger partial charge in [-0.05, 0) is 74.2 Å². The predicted octanol–water partition coefficient (Wildman–Crippen LogP) is 1.67. The zero-order valence-corrected chi connectivity index (χ0v) is 22.3. The second-order valence-electron chi connectivity index (χ2n) is 12.1. The summed E-state index contributed by atoms with van der Waals surface area (Å²) in [4.78, 5) is 37.0. The summed E-state index contributed by atoms with van der Waals surface area (Å²) in [5.41, 5.74) is 0.490. The molecule has 10 nitrogen and oxygen atoms in total. The number of carbonyl (C=O) groups excluding carboxylic acids is 2. The molecule has 208 valence electrons. The van der Waals surface area contributed by atoms with Gasteiger partial charge in [-0.3, -0.25) is 9.59 Å². The van der Waals surface area contributed by atoms with Crippen LogP contribution in [0.15, 0.2) is 29.3 Å². The quantitative estimate of drug-likeness (QED) is 0.321. The van der Waals surface area contributed by atoms with Crippen LogP contribution in [-0.4, -0.2) is 74.2 Å². The number of aliphatic hydroxyl groups is 3. The van der Waals surface area contributed by atoms with Gasteiger partial charge in [0.25, 0.3) is 5.91 Å². The Morgan fingerprint density at radius 3 is 2.82 bits per heavy atom. The fraction of sp³-hybridized carbons (Fsp3) is 0.714. The largest absolute Gasteiger partial charge is 0.393 e. The van der Waals surface area contributed by atoms with Gasteiger partial charge >= 0.3 is 0 Å². The summed E-state index contributed by atoms with van der Waals surface area (Å²) in [6.45, 7) is 3.82. The number of carbonyl (C=O) groups is 2. The molecule has 3 fully saturated rings. The van der Waals surface area contributed by atoms with Crippen molar-refractivity contribution in [3.8, 4) is 0 Å². The number of imidazole rings is 1. The first-order valence-electron chi connectivity index (χ1n) is 13.8. The summed E-state index contributed by atoms with van der Waals surface area (Å²) in [7, 11) is 0. The Morgan fingerprint density at radius 2 is 2.08 bits per heavy atom. The molecule has 1 amide bonds. The highest BCUT2D eigenvalue weighted by molar-refractivity contribution is 5.96. The maximum Gasteiger partial charge on any atom is 0.260 e. The number of allylic oxidation sites excluding steroid dienone is 2. The van der Waals surface area contributed by atoms with Crippen molar-refractivity contribution in [1.29, 1.82) is 0 Å². The molecule has 0 unspecified atom stereocenters. The van der Waals surface area contributed by atoms with Crippen molar-refractivity contribution in [2.45, 2.75) is 76.9 Å². The van der Waals surface area contributed by atoms with E-state index >= 15 is 0 Å². The van der Waals surface area contributed by atoms with Crippen molar-refractivity contribution in [3.63, 3.8) is 0 Å². The van der Waals surface area contributed by atoms with Gasteiger partial charge in [0.15, 0.2) is 12.4 Å². The summed E-state index contributed by atoms with van der Waals surface area (Å²) < 4.78 is 0. The van der Waals surface area contributed by atoms with Crippen LogP contribution < -0.4 is 5.32 Å². The Hall–Kier alpha value is -2.56. The molecule has 1 aromatic rings. The lowest BCUT2D eigenvalue weighted by Gasteiger charge is -2.60. The number of Topliss-reactive ketones (excluding diaryl/α,β-unsaturated/α-hetero) is 1. The van der Waals surface area contributed by atoms with E-state index in [2.05, 4.69) is 33.4 Å². The number of H-pyrrole nitrogens is 1. The van der Waals surface area contributed by atoms with Crippen LogP contribution in [0.3, 0.4) is 0 Å². The van der Waals surface area contributed by atoms with E-state index in [1.54, 1.807) is 12.5 Å². The van der Waals surface area contributed by atoms with Gasteiger partial charge in [0, 0.05) is 30.3 Å². The van der Waals surface area contributed by atoms with Crippen LogP contribution in [-0.2, 0) is 20.8 Å². The van der Waals surface area contributed by atoms with Crippen molar-refractivity contribution in [3.05, 3.63) is 29.9 Å². The van der Waals surface area contributed by atoms with Crippen LogP contribution in [0.1, 0.15) is 64.5 Å². The Balaban J connectivity index is 1.23. The number of amides is 1. The fourth-order valence-corrected chi connectivity index (χ4v) is 8.35. The summed E-state index contributed by atoms with van der Waals surface area (Å²) in [5.74, 6) is -0.394. The average Bonchev–Trinajstić information content (AvgIpc) is 3.49. The topological polar surface area (TPSA) is 157 Å². The van der Waals surface area contributed by atoms with Gasteiger partial charge in [-0.25, -0.2) is 4.98 Å². The zero-order valence-electron chi connectivity index (χ0n) is 22.3. The lowest BCUT2D eigenvalue weighted by atomic mass is 9.45. The van der Waals surface area contributed by atoms with E-state index in [1.807, 2.05) is 6.92 Å². The lowest BCUT2D eigenvalue weighted by Crippen LogP contribution is -2.62. The summed E-state index contributed by atoms with van der Waals surface area (Å²) in [6, 6.07) is 0. The molecule has 0 radical (unpaired) electrons. The number of oxime groups is 1. The van der Waals surface area contributed by atoms with Crippen molar-refractivity contribution in [2.24, 2.45) is 33.7 Å². The molecule has 0 bridgehead atoms. The van der Waals surface area contributed by atoms with Crippen LogP contribution in [0.4, 0.5) is 0 Å². The van der Waals surface area contributed by atoms with Crippen molar-refractivity contribution < 1.29 is 29.7 Å². The number of aliphatic hydroxyl groups excluding tert-OH is 2. The number of ketones is 1. The molecule has 0 aliphatic heterocycles. The van der Waals surface area contributed by atoms with E-state index < -0.39 is 29.5 Å². The standard InChI is InChI=1S/C28H40N4O6/c1-26-8-5-18(32-38-15-24(36)30-10-7-19-13-29-16-31-19)11-17(26)3-4-20-21-6-9-28(37,23(35)14-33)27(21,2)12-22(34)25(20)26/h11,13,16,20-22,25,33-34,37H,3-10,12,14-15H2,1-2H3,(H,29,31)(H,30,36)/t20-,21-,22+,25+,26-,27-,28-/m0/s1. The second-order valence-corrected chi connectivity index (χ2v) is 12.1. The van der Waals surface area contributed by atoms with E-state index in [-0.39, 0.29) is 35.7 Å². The average molecular weight is 529 g/mol.